The molecule has 1 fully saturated rings. The summed E-state index contributed by atoms with van der Waals surface area (Å²) in [6.45, 7) is 3.27. The van der Waals surface area contributed by atoms with Crippen molar-refractivity contribution in [3.8, 4) is 6.07 Å². The van der Waals surface area contributed by atoms with Crippen LogP contribution in [0.15, 0.2) is 36.7 Å². The van der Waals surface area contributed by atoms with Crippen LogP contribution < -0.4 is 15.5 Å². The second kappa shape index (κ2) is 5.67. The van der Waals surface area contributed by atoms with E-state index in [0.29, 0.717) is 11.4 Å². The molecule has 2 aromatic rings. The van der Waals surface area contributed by atoms with Gasteiger partial charge in [0, 0.05) is 38.6 Å². The molecule has 0 bridgehead atoms. The van der Waals surface area contributed by atoms with Gasteiger partial charge in [0.2, 0.25) is 0 Å². The number of rotatable bonds is 2. The van der Waals surface area contributed by atoms with Crippen LogP contribution >= 0.6 is 0 Å². The van der Waals surface area contributed by atoms with Gasteiger partial charge in [-0.05, 0) is 24.3 Å². The predicted molar refractivity (Wildman–Crippen MR) is 82.0 cm³/mol. The molecule has 6 nitrogen and oxygen atoms in total. The number of aromatic nitrogens is 2. The zero-order valence-electron chi connectivity index (χ0n) is 11.6. The largest absolute Gasteiger partial charge is 0.396 e. The Morgan fingerprint density at radius 3 is 2.38 bits per heavy atom. The summed E-state index contributed by atoms with van der Waals surface area (Å²) in [6.07, 6.45) is 3.40. The molecule has 3 rings (SSSR count). The molecule has 0 atom stereocenters. The highest BCUT2D eigenvalue weighted by atomic mass is 15.3. The van der Waals surface area contributed by atoms with Gasteiger partial charge in [-0.1, -0.05) is 0 Å². The quantitative estimate of drug-likeness (QED) is 0.891. The Labute approximate surface area is 123 Å². The number of piperazine rings is 1. The Kier molecular flexibility index (Phi) is 3.56. The van der Waals surface area contributed by atoms with Crippen molar-refractivity contribution in [1.82, 2.24) is 9.97 Å². The zero-order valence-corrected chi connectivity index (χ0v) is 11.6. The lowest BCUT2D eigenvalue weighted by atomic mass is 10.2. The number of pyridine rings is 2. The number of hydrogen-bond donors (Lipinski definition) is 1. The lowest BCUT2D eigenvalue weighted by Gasteiger charge is -2.37. The molecule has 106 valence electrons. The highest BCUT2D eigenvalue weighted by Gasteiger charge is 2.21. The van der Waals surface area contributed by atoms with E-state index in [-0.39, 0.29) is 0 Å². The molecule has 0 spiro atoms. The van der Waals surface area contributed by atoms with E-state index < -0.39 is 0 Å². The maximum absolute atomic E-state index is 9.14. The molecule has 21 heavy (non-hydrogen) atoms. The van der Waals surface area contributed by atoms with Gasteiger partial charge < -0.3 is 15.5 Å². The molecular formula is C15H16N6. The van der Waals surface area contributed by atoms with Crippen LogP contribution in [-0.2, 0) is 0 Å². The molecule has 0 amide bonds. The van der Waals surface area contributed by atoms with E-state index in [4.69, 9.17) is 11.0 Å². The molecule has 0 radical (unpaired) electrons. The van der Waals surface area contributed by atoms with Gasteiger partial charge in [0.1, 0.15) is 6.07 Å². The Balaban J connectivity index is 1.74. The van der Waals surface area contributed by atoms with Crippen LogP contribution in [0.2, 0.25) is 0 Å². The molecule has 0 unspecified atom stereocenters. The lowest BCUT2D eigenvalue weighted by Crippen LogP contribution is -2.47. The van der Waals surface area contributed by atoms with E-state index in [1.54, 1.807) is 12.4 Å². The highest BCUT2D eigenvalue weighted by molar-refractivity contribution is 5.63. The number of hydrogen-bond acceptors (Lipinski definition) is 6. The standard InChI is InChI=1S/C15H16N6/c16-11-13-14(4-2-5-18-13)20-7-9-21(10-8-20)15-12(17)3-1-6-19-15/h1-6H,7-10,17H2. The van der Waals surface area contributed by atoms with Gasteiger partial charge in [-0.15, -0.1) is 0 Å². The van der Waals surface area contributed by atoms with Crippen molar-refractivity contribution in [2.75, 3.05) is 41.7 Å². The highest BCUT2D eigenvalue weighted by Crippen LogP contribution is 2.24. The summed E-state index contributed by atoms with van der Waals surface area (Å²) in [5.41, 5.74) is 8.04. The van der Waals surface area contributed by atoms with Crippen LogP contribution in [0, 0.1) is 11.3 Å². The fourth-order valence-electron chi connectivity index (χ4n) is 2.57. The molecule has 1 saturated heterocycles. The number of nitrogens with two attached hydrogens (primary N) is 1. The molecule has 0 saturated carbocycles. The van der Waals surface area contributed by atoms with Gasteiger partial charge in [-0.25, -0.2) is 9.97 Å². The van der Waals surface area contributed by atoms with Crippen LogP contribution in [0.25, 0.3) is 0 Å². The summed E-state index contributed by atoms with van der Waals surface area (Å²) in [6, 6.07) is 9.65. The number of nitrogens with zero attached hydrogens (tertiary/aromatic N) is 5. The molecule has 6 heteroatoms. The Bertz CT molecular complexity index is 670. The first kappa shape index (κ1) is 13.2. The van der Waals surface area contributed by atoms with E-state index >= 15 is 0 Å². The fourth-order valence-corrected chi connectivity index (χ4v) is 2.57. The molecule has 1 aliphatic rings. The number of nitriles is 1. The van der Waals surface area contributed by atoms with Gasteiger partial charge in [-0.3, -0.25) is 0 Å². The lowest BCUT2D eigenvalue weighted by molar-refractivity contribution is 0.647. The first-order chi connectivity index (χ1) is 10.3. The van der Waals surface area contributed by atoms with Crippen molar-refractivity contribution in [1.29, 1.82) is 5.26 Å². The molecule has 1 aliphatic heterocycles. The monoisotopic (exact) mass is 280 g/mol. The molecular weight excluding hydrogens is 264 g/mol. The summed E-state index contributed by atoms with van der Waals surface area (Å²) in [5, 5.41) is 9.14. The summed E-state index contributed by atoms with van der Waals surface area (Å²) >= 11 is 0. The minimum Gasteiger partial charge on any atom is -0.396 e. The van der Waals surface area contributed by atoms with Gasteiger partial charge >= 0.3 is 0 Å². The van der Waals surface area contributed by atoms with Gasteiger partial charge in [0.05, 0.1) is 11.4 Å². The minimum atomic E-state index is 0.475. The van der Waals surface area contributed by atoms with Crippen molar-refractivity contribution in [2.24, 2.45) is 0 Å². The van der Waals surface area contributed by atoms with Crippen LogP contribution in [0.1, 0.15) is 5.69 Å². The van der Waals surface area contributed by atoms with Crippen LogP contribution in [0.3, 0.4) is 0 Å². The molecule has 3 heterocycles. The molecule has 2 aromatic heterocycles. The summed E-state index contributed by atoms with van der Waals surface area (Å²) in [4.78, 5) is 12.8. The minimum absolute atomic E-state index is 0.475. The van der Waals surface area contributed by atoms with Crippen molar-refractivity contribution in [2.45, 2.75) is 0 Å². The Hall–Kier alpha value is -2.81. The van der Waals surface area contributed by atoms with E-state index in [0.717, 1.165) is 37.7 Å². The second-order valence-corrected chi connectivity index (χ2v) is 4.87. The summed E-state index contributed by atoms with van der Waals surface area (Å²) in [5.74, 6) is 0.837. The van der Waals surface area contributed by atoms with E-state index in [1.807, 2.05) is 24.3 Å². The van der Waals surface area contributed by atoms with Crippen LogP contribution in [-0.4, -0.2) is 36.1 Å². The topological polar surface area (TPSA) is 82.1 Å². The second-order valence-electron chi connectivity index (χ2n) is 4.87. The third-order valence-electron chi connectivity index (χ3n) is 3.63. The van der Waals surface area contributed by atoms with Gasteiger partial charge in [0.25, 0.3) is 0 Å². The van der Waals surface area contributed by atoms with Crippen LogP contribution in [0.5, 0.6) is 0 Å². The molecule has 0 aromatic carbocycles. The Morgan fingerprint density at radius 2 is 1.67 bits per heavy atom. The van der Waals surface area contributed by atoms with E-state index in [9.17, 15) is 0 Å². The molecule has 0 aliphatic carbocycles. The van der Waals surface area contributed by atoms with Gasteiger partial charge in [-0.2, -0.15) is 5.26 Å². The number of anilines is 3. The maximum atomic E-state index is 9.14. The van der Waals surface area contributed by atoms with Crippen LogP contribution in [0.4, 0.5) is 17.2 Å². The third kappa shape index (κ3) is 2.58. The average Bonchev–Trinajstić information content (AvgIpc) is 2.55. The first-order valence-electron chi connectivity index (χ1n) is 6.85. The van der Waals surface area contributed by atoms with Gasteiger partial charge in [0.15, 0.2) is 11.5 Å². The average molecular weight is 280 g/mol. The Morgan fingerprint density at radius 1 is 1.00 bits per heavy atom. The zero-order chi connectivity index (χ0) is 14.7. The smallest absolute Gasteiger partial charge is 0.163 e. The van der Waals surface area contributed by atoms with E-state index in [1.165, 1.54) is 0 Å². The fraction of sp³-hybridized carbons (Fsp3) is 0.267. The SMILES string of the molecule is N#Cc1ncccc1N1CCN(c2ncccc2N)CC1. The van der Waals surface area contributed by atoms with Crippen molar-refractivity contribution in [3.63, 3.8) is 0 Å². The summed E-state index contributed by atoms with van der Waals surface area (Å²) in [7, 11) is 0. The number of nitrogen functional groups attached to an aromatic ring is 1. The first-order valence-corrected chi connectivity index (χ1v) is 6.85. The maximum Gasteiger partial charge on any atom is 0.163 e. The van der Waals surface area contributed by atoms with Crippen molar-refractivity contribution < 1.29 is 0 Å². The van der Waals surface area contributed by atoms with E-state index in [2.05, 4.69) is 25.8 Å². The normalized spacial score (nSPS) is 14.8. The summed E-state index contributed by atoms with van der Waals surface area (Å²) < 4.78 is 0. The molecule has 2 N–H and O–H groups in total. The third-order valence-corrected chi connectivity index (χ3v) is 3.63. The van der Waals surface area contributed by atoms with Crippen molar-refractivity contribution in [3.05, 3.63) is 42.4 Å². The van der Waals surface area contributed by atoms with Crippen molar-refractivity contribution >= 4 is 17.2 Å². The predicted octanol–water partition coefficient (Wildman–Crippen LogP) is 1.26.